The van der Waals surface area contributed by atoms with Crippen molar-refractivity contribution in [3.63, 3.8) is 0 Å². The van der Waals surface area contributed by atoms with Gasteiger partial charge in [0.05, 0.1) is 17.6 Å². The molecule has 0 atom stereocenters. The van der Waals surface area contributed by atoms with Crippen LogP contribution in [0.25, 0.3) is 11.0 Å². The number of hydrogen-bond donors (Lipinski definition) is 1. The molecular formula is C27H24N2O5S. The highest BCUT2D eigenvalue weighted by molar-refractivity contribution is 7.17. The Morgan fingerprint density at radius 3 is 2.69 bits per heavy atom. The average molecular weight is 489 g/mol. The van der Waals surface area contributed by atoms with E-state index in [0.717, 1.165) is 23.5 Å². The van der Waals surface area contributed by atoms with E-state index in [0.29, 0.717) is 34.5 Å². The Balaban J connectivity index is 1.44. The third-order valence-corrected chi connectivity index (χ3v) is 7.08. The minimum atomic E-state index is -0.585. The van der Waals surface area contributed by atoms with Crippen molar-refractivity contribution in [3.8, 4) is 0 Å². The number of hydrogen-bond acceptors (Lipinski definition) is 7. The van der Waals surface area contributed by atoms with E-state index in [4.69, 9.17) is 9.15 Å². The number of ether oxygens (including phenoxy) is 1. The van der Waals surface area contributed by atoms with Crippen molar-refractivity contribution in [1.82, 2.24) is 4.90 Å². The molecule has 1 aliphatic heterocycles. The molecule has 0 fully saturated rings. The van der Waals surface area contributed by atoms with Gasteiger partial charge in [0.25, 0.3) is 5.91 Å². The van der Waals surface area contributed by atoms with Gasteiger partial charge in [-0.25, -0.2) is 4.79 Å². The standard InChI is InChI=1S/C27H24N2O5S/c1-2-33-27(32)24-19-12-13-29(15-17-8-4-3-5-9-17)16-23(19)35-26(24)28-25(31)22-14-20(30)18-10-6-7-11-21(18)34-22/h3-11,14H,2,12-13,15-16H2,1H3,(H,28,31). The van der Waals surface area contributed by atoms with Crippen molar-refractivity contribution < 1.29 is 18.7 Å². The normalized spacial score (nSPS) is 13.4. The van der Waals surface area contributed by atoms with Gasteiger partial charge >= 0.3 is 5.97 Å². The van der Waals surface area contributed by atoms with Gasteiger partial charge in [-0.3, -0.25) is 14.5 Å². The lowest BCUT2D eigenvalue weighted by Gasteiger charge is -2.27. The third kappa shape index (κ3) is 4.76. The van der Waals surface area contributed by atoms with Crippen LogP contribution in [-0.2, 0) is 24.2 Å². The van der Waals surface area contributed by atoms with Crippen LogP contribution in [0.4, 0.5) is 5.00 Å². The number of carbonyl (C=O) groups is 2. The lowest BCUT2D eigenvalue weighted by molar-refractivity contribution is 0.0526. The molecule has 0 spiro atoms. The fourth-order valence-electron chi connectivity index (χ4n) is 4.32. The van der Waals surface area contributed by atoms with E-state index in [1.807, 2.05) is 18.2 Å². The molecule has 1 amide bonds. The van der Waals surface area contributed by atoms with Gasteiger partial charge in [0, 0.05) is 30.6 Å². The SMILES string of the molecule is CCOC(=O)c1c(NC(=O)c2cc(=O)c3ccccc3o2)sc2c1CCN(Cc1ccccc1)C2. The molecule has 0 radical (unpaired) electrons. The Hall–Kier alpha value is -3.75. The number of esters is 1. The summed E-state index contributed by atoms with van der Waals surface area (Å²) in [6.45, 7) is 4.24. The Bertz CT molecular complexity index is 1460. The summed E-state index contributed by atoms with van der Waals surface area (Å²) in [6, 6.07) is 18.2. The topological polar surface area (TPSA) is 88.8 Å². The minimum absolute atomic E-state index is 0.111. The first-order chi connectivity index (χ1) is 17.0. The van der Waals surface area contributed by atoms with Crippen molar-refractivity contribution in [1.29, 1.82) is 0 Å². The number of rotatable bonds is 6. The first kappa shape index (κ1) is 23.0. The quantitative estimate of drug-likeness (QED) is 0.391. The van der Waals surface area contributed by atoms with Crippen molar-refractivity contribution in [2.75, 3.05) is 18.5 Å². The van der Waals surface area contributed by atoms with Crippen LogP contribution in [0, 0.1) is 0 Å². The highest BCUT2D eigenvalue weighted by Crippen LogP contribution is 2.38. The van der Waals surface area contributed by atoms with Gasteiger partial charge in [0.1, 0.15) is 10.6 Å². The van der Waals surface area contributed by atoms with E-state index >= 15 is 0 Å². The van der Waals surface area contributed by atoms with Gasteiger partial charge in [-0.15, -0.1) is 11.3 Å². The van der Waals surface area contributed by atoms with Crippen LogP contribution < -0.4 is 10.7 Å². The van der Waals surface area contributed by atoms with Crippen LogP contribution in [0.5, 0.6) is 0 Å². The first-order valence-electron chi connectivity index (χ1n) is 11.5. The molecular weight excluding hydrogens is 464 g/mol. The first-order valence-corrected chi connectivity index (χ1v) is 12.3. The van der Waals surface area contributed by atoms with Crippen molar-refractivity contribution in [2.24, 2.45) is 0 Å². The van der Waals surface area contributed by atoms with E-state index < -0.39 is 11.9 Å². The number of anilines is 1. The molecule has 0 unspecified atom stereocenters. The molecule has 2 aromatic carbocycles. The molecule has 35 heavy (non-hydrogen) atoms. The molecule has 1 aliphatic rings. The molecule has 7 nitrogen and oxygen atoms in total. The smallest absolute Gasteiger partial charge is 0.341 e. The zero-order chi connectivity index (χ0) is 24.4. The number of nitrogens with one attached hydrogen (secondary N) is 1. The van der Waals surface area contributed by atoms with Crippen LogP contribution in [-0.4, -0.2) is 29.9 Å². The van der Waals surface area contributed by atoms with Gasteiger partial charge in [-0.2, -0.15) is 0 Å². The predicted octanol–water partition coefficient (Wildman–Crippen LogP) is 4.84. The number of amides is 1. The summed E-state index contributed by atoms with van der Waals surface area (Å²) in [7, 11) is 0. The second kappa shape index (κ2) is 9.85. The number of benzene rings is 2. The molecule has 0 aliphatic carbocycles. The van der Waals surface area contributed by atoms with Crippen molar-refractivity contribution in [3.05, 3.63) is 98.2 Å². The van der Waals surface area contributed by atoms with Gasteiger partial charge in [0.15, 0.2) is 11.2 Å². The molecule has 4 aromatic rings. The van der Waals surface area contributed by atoms with E-state index in [1.165, 1.54) is 23.0 Å². The van der Waals surface area contributed by atoms with E-state index in [1.54, 1.807) is 31.2 Å². The predicted molar refractivity (Wildman–Crippen MR) is 135 cm³/mol. The van der Waals surface area contributed by atoms with Gasteiger partial charge in [-0.1, -0.05) is 42.5 Å². The molecule has 1 N–H and O–H groups in total. The fourth-order valence-corrected chi connectivity index (χ4v) is 5.59. The highest BCUT2D eigenvalue weighted by Gasteiger charge is 2.30. The molecule has 0 saturated heterocycles. The molecule has 0 saturated carbocycles. The molecule has 8 heteroatoms. The summed E-state index contributed by atoms with van der Waals surface area (Å²) < 4.78 is 11.0. The second-order valence-corrected chi connectivity index (χ2v) is 9.40. The van der Waals surface area contributed by atoms with Crippen LogP contribution >= 0.6 is 11.3 Å². The maximum absolute atomic E-state index is 13.1. The number of para-hydroxylation sites is 1. The molecule has 2 aromatic heterocycles. The monoisotopic (exact) mass is 488 g/mol. The minimum Gasteiger partial charge on any atom is -0.462 e. The zero-order valence-corrected chi connectivity index (χ0v) is 20.0. The maximum atomic E-state index is 13.1. The van der Waals surface area contributed by atoms with E-state index in [2.05, 4.69) is 22.3 Å². The lowest BCUT2D eigenvalue weighted by atomic mass is 10.0. The maximum Gasteiger partial charge on any atom is 0.341 e. The number of carbonyl (C=O) groups excluding carboxylic acids is 2. The molecule has 3 heterocycles. The summed E-state index contributed by atoms with van der Waals surface area (Å²) in [6.07, 6.45) is 0.674. The summed E-state index contributed by atoms with van der Waals surface area (Å²) >= 11 is 1.37. The summed E-state index contributed by atoms with van der Waals surface area (Å²) in [5.41, 5.74) is 2.55. The zero-order valence-electron chi connectivity index (χ0n) is 19.2. The Morgan fingerprint density at radius 2 is 1.89 bits per heavy atom. The van der Waals surface area contributed by atoms with Crippen LogP contribution in [0.15, 0.2) is 69.9 Å². The van der Waals surface area contributed by atoms with Crippen LogP contribution in [0.2, 0.25) is 0 Å². The van der Waals surface area contributed by atoms with Crippen molar-refractivity contribution in [2.45, 2.75) is 26.4 Å². The van der Waals surface area contributed by atoms with Gasteiger partial charge < -0.3 is 14.5 Å². The number of fused-ring (bicyclic) bond motifs is 2. The fraction of sp³-hybridized carbons (Fsp3) is 0.222. The van der Waals surface area contributed by atoms with Crippen LogP contribution in [0.1, 0.15) is 43.8 Å². The lowest BCUT2D eigenvalue weighted by Crippen LogP contribution is -2.29. The van der Waals surface area contributed by atoms with Gasteiger partial charge in [-0.05, 0) is 36.6 Å². The summed E-state index contributed by atoms with van der Waals surface area (Å²) in [5, 5.41) is 3.62. The number of thiophene rings is 1. The molecule has 178 valence electrons. The van der Waals surface area contributed by atoms with E-state index in [-0.39, 0.29) is 17.8 Å². The second-order valence-electron chi connectivity index (χ2n) is 8.30. The molecule has 0 bridgehead atoms. The Kier molecular flexibility index (Phi) is 6.48. The Labute approximate surface area is 205 Å². The average Bonchev–Trinajstić information content (AvgIpc) is 3.22. The van der Waals surface area contributed by atoms with E-state index in [9.17, 15) is 14.4 Å². The summed E-state index contributed by atoms with van der Waals surface area (Å²) in [4.78, 5) is 41.7. The number of nitrogens with zero attached hydrogens (tertiary/aromatic N) is 1. The van der Waals surface area contributed by atoms with Gasteiger partial charge in [0.2, 0.25) is 0 Å². The summed E-state index contributed by atoms with van der Waals surface area (Å²) in [5.74, 6) is -1.16. The van der Waals surface area contributed by atoms with Crippen molar-refractivity contribution >= 4 is 39.2 Å². The Morgan fingerprint density at radius 1 is 1.11 bits per heavy atom. The highest BCUT2D eigenvalue weighted by atomic mass is 32.1. The third-order valence-electron chi connectivity index (χ3n) is 5.95. The molecule has 5 rings (SSSR count). The van der Waals surface area contributed by atoms with Crippen LogP contribution in [0.3, 0.4) is 0 Å². The largest absolute Gasteiger partial charge is 0.462 e.